The normalized spacial score (nSPS) is 15.0. The lowest BCUT2D eigenvalue weighted by Crippen LogP contribution is -2.26. The fraction of sp³-hybridized carbons (Fsp3) is 0.308. The van der Waals surface area contributed by atoms with E-state index in [1.54, 1.807) is 10.5 Å². The van der Waals surface area contributed by atoms with Gasteiger partial charge in [-0.1, -0.05) is 6.07 Å². The fourth-order valence-corrected chi connectivity index (χ4v) is 2.21. The zero-order valence-electron chi connectivity index (χ0n) is 10.5. The summed E-state index contributed by atoms with van der Waals surface area (Å²) in [4.78, 5) is 29.4. The van der Waals surface area contributed by atoms with Crippen molar-refractivity contribution in [2.75, 3.05) is 13.2 Å². The number of carbonyl (C=O) groups is 1. The average Bonchev–Trinajstić information content (AvgIpc) is 2.74. The highest BCUT2D eigenvalue weighted by molar-refractivity contribution is 5.69. The van der Waals surface area contributed by atoms with Gasteiger partial charge in [-0.3, -0.25) is 14.1 Å². The van der Waals surface area contributed by atoms with E-state index in [-0.39, 0.29) is 11.7 Å². The molecule has 1 amide bonds. The van der Waals surface area contributed by atoms with E-state index < -0.39 is 0 Å². The van der Waals surface area contributed by atoms with Gasteiger partial charge >= 0.3 is 6.09 Å². The number of amides is 1. The van der Waals surface area contributed by atoms with Gasteiger partial charge in [0.05, 0.1) is 18.8 Å². The smallest absolute Gasteiger partial charge is 0.410 e. The lowest BCUT2D eigenvalue weighted by molar-refractivity contribution is 0.157. The first-order valence-electron chi connectivity index (χ1n) is 6.05. The molecule has 0 spiro atoms. The molecule has 0 atom stereocenters. The summed E-state index contributed by atoms with van der Waals surface area (Å²) in [5, 5.41) is 0. The fourth-order valence-electron chi connectivity index (χ4n) is 2.21. The Hall–Kier alpha value is -2.37. The van der Waals surface area contributed by atoms with Gasteiger partial charge in [0.1, 0.15) is 12.3 Å². The van der Waals surface area contributed by atoms with E-state index in [0.717, 1.165) is 5.69 Å². The molecule has 2 aromatic rings. The molecule has 0 radical (unpaired) electrons. The number of hydrogen-bond donors (Lipinski definition) is 0. The minimum Gasteiger partial charge on any atom is -0.448 e. The number of pyridine rings is 1. The van der Waals surface area contributed by atoms with Crippen LogP contribution in [0.4, 0.5) is 4.79 Å². The SMILES string of the molecule is Cc1cccc2nc(CN3CCOC3=O)cc(=O)n12. The monoisotopic (exact) mass is 259 g/mol. The van der Waals surface area contributed by atoms with E-state index in [2.05, 4.69) is 4.98 Å². The number of cyclic esters (lactones) is 1. The van der Waals surface area contributed by atoms with Crippen LogP contribution in [0.3, 0.4) is 0 Å². The number of nitrogens with zero attached hydrogens (tertiary/aromatic N) is 3. The Balaban J connectivity index is 2.02. The number of aromatic nitrogens is 2. The molecule has 19 heavy (non-hydrogen) atoms. The predicted octanol–water partition coefficient (Wildman–Crippen LogP) is 0.955. The maximum absolute atomic E-state index is 12.1. The second-order valence-corrected chi connectivity index (χ2v) is 4.48. The minimum absolute atomic E-state index is 0.134. The van der Waals surface area contributed by atoms with Gasteiger partial charge in [0, 0.05) is 11.8 Å². The quantitative estimate of drug-likeness (QED) is 0.805. The summed E-state index contributed by atoms with van der Waals surface area (Å²) < 4.78 is 6.40. The summed E-state index contributed by atoms with van der Waals surface area (Å²) in [6, 6.07) is 6.95. The average molecular weight is 259 g/mol. The van der Waals surface area contributed by atoms with Crippen molar-refractivity contribution < 1.29 is 9.53 Å². The van der Waals surface area contributed by atoms with Gasteiger partial charge in [0.2, 0.25) is 0 Å². The third-order valence-corrected chi connectivity index (χ3v) is 3.13. The second kappa shape index (κ2) is 4.38. The molecule has 3 rings (SSSR count). The summed E-state index contributed by atoms with van der Waals surface area (Å²) in [7, 11) is 0. The van der Waals surface area contributed by atoms with Crippen molar-refractivity contribution in [1.29, 1.82) is 0 Å². The highest BCUT2D eigenvalue weighted by atomic mass is 16.6. The Bertz CT molecular complexity index is 708. The minimum atomic E-state index is -0.355. The number of aryl methyl sites for hydroxylation is 1. The van der Waals surface area contributed by atoms with Crippen molar-refractivity contribution in [2.24, 2.45) is 0 Å². The molecule has 0 unspecified atom stereocenters. The number of ether oxygens (including phenoxy) is 1. The zero-order valence-corrected chi connectivity index (χ0v) is 10.5. The topological polar surface area (TPSA) is 63.9 Å². The predicted molar refractivity (Wildman–Crippen MR) is 68.0 cm³/mol. The first kappa shape index (κ1) is 11.7. The van der Waals surface area contributed by atoms with Gasteiger partial charge in [-0.25, -0.2) is 9.78 Å². The summed E-state index contributed by atoms with van der Waals surface area (Å²) >= 11 is 0. The molecular formula is C13H13N3O3. The first-order chi connectivity index (χ1) is 9.15. The number of rotatable bonds is 2. The molecule has 1 saturated heterocycles. The molecule has 0 N–H and O–H groups in total. The van der Waals surface area contributed by atoms with Crippen molar-refractivity contribution in [3.05, 3.63) is 46.0 Å². The van der Waals surface area contributed by atoms with Crippen molar-refractivity contribution in [3.63, 3.8) is 0 Å². The highest BCUT2D eigenvalue weighted by Crippen LogP contribution is 2.09. The van der Waals surface area contributed by atoms with E-state index in [4.69, 9.17) is 4.74 Å². The number of hydrogen-bond acceptors (Lipinski definition) is 4. The Kier molecular flexibility index (Phi) is 2.70. The highest BCUT2D eigenvalue weighted by Gasteiger charge is 2.22. The lowest BCUT2D eigenvalue weighted by Gasteiger charge is -2.12. The van der Waals surface area contributed by atoms with Crippen LogP contribution in [0.15, 0.2) is 29.1 Å². The molecule has 6 nitrogen and oxygen atoms in total. The van der Waals surface area contributed by atoms with Crippen molar-refractivity contribution in [1.82, 2.24) is 14.3 Å². The summed E-state index contributed by atoms with van der Waals surface area (Å²) in [6.45, 7) is 3.09. The van der Waals surface area contributed by atoms with Gasteiger partial charge in [-0.2, -0.15) is 0 Å². The lowest BCUT2D eigenvalue weighted by atomic mass is 10.3. The van der Waals surface area contributed by atoms with Gasteiger partial charge in [0.15, 0.2) is 0 Å². The summed E-state index contributed by atoms with van der Waals surface area (Å²) in [5.41, 5.74) is 1.87. The molecule has 0 bridgehead atoms. The van der Waals surface area contributed by atoms with Crippen LogP contribution in [0.5, 0.6) is 0 Å². The molecule has 1 aliphatic rings. The largest absolute Gasteiger partial charge is 0.448 e. The van der Waals surface area contributed by atoms with Gasteiger partial charge in [-0.15, -0.1) is 0 Å². The van der Waals surface area contributed by atoms with Crippen LogP contribution in [0.2, 0.25) is 0 Å². The van der Waals surface area contributed by atoms with E-state index in [9.17, 15) is 9.59 Å². The zero-order chi connectivity index (χ0) is 13.4. The molecule has 1 fully saturated rings. The van der Waals surface area contributed by atoms with E-state index in [1.807, 2.05) is 19.1 Å². The third-order valence-electron chi connectivity index (χ3n) is 3.13. The number of carbonyl (C=O) groups excluding carboxylic acids is 1. The van der Waals surface area contributed by atoms with Crippen molar-refractivity contribution >= 4 is 11.7 Å². The van der Waals surface area contributed by atoms with E-state index in [0.29, 0.717) is 31.0 Å². The van der Waals surface area contributed by atoms with Crippen LogP contribution in [0.1, 0.15) is 11.4 Å². The van der Waals surface area contributed by atoms with Crippen molar-refractivity contribution in [2.45, 2.75) is 13.5 Å². The van der Waals surface area contributed by atoms with Crippen molar-refractivity contribution in [3.8, 4) is 0 Å². The number of fused-ring (bicyclic) bond motifs is 1. The molecule has 1 aliphatic heterocycles. The summed E-state index contributed by atoms with van der Waals surface area (Å²) in [5.74, 6) is 0. The molecule has 6 heteroatoms. The van der Waals surface area contributed by atoms with Crippen LogP contribution >= 0.6 is 0 Å². The van der Waals surface area contributed by atoms with Crippen LogP contribution in [-0.2, 0) is 11.3 Å². The summed E-state index contributed by atoms with van der Waals surface area (Å²) in [6.07, 6.45) is -0.355. The first-order valence-corrected chi connectivity index (χ1v) is 6.05. The third kappa shape index (κ3) is 2.05. The maximum atomic E-state index is 12.1. The Morgan fingerprint density at radius 2 is 2.21 bits per heavy atom. The molecule has 0 saturated carbocycles. The molecular weight excluding hydrogens is 246 g/mol. The molecule has 3 heterocycles. The Labute approximate surface area is 109 Å². The van der Waals surface area contributed by atoms with Crippen LogP contribution in [0, 0.1) is 6.92 Å². The maximum Gasteiger partial charge on any atom is 0.410 e. The van der Waals surface area contributed by atoms with E-state index in [1.165, 1.54) is 11.0 Å². The molecule has 0 aromatic carbocycles. The van der Waals surface area contributed by atoms with Gasteiger partial charge in [0.25, 0.3) is 5.56 Å². The van der Waals surface area contributed by atoms with Gasteiger partial charge in [-0.05, 0) is 19.1 Å². The van der Waals surface area contributed by atoms with E-state index >= 15 is 0 Å². The van der Waals surface area contributed by atoms with Crippen LogP contribution < -0.4 is 5.56 Å². The molecule has 2 aromatic heterocycles. The Morgan fingerprint density at radius 3 is 2.95 bits per heavy atom. The standard InChI is InChI=1S/C13H13N3O3/c1-9-3-2-4-11-14-10(7-12(17)16(9)11)8-15-5-6-19-13(15)18/h2-4,7H,5-6,8H2,1H3. The molecule has 98 valence electrons. The van der Waals surface area contributed by atoms with Gasteiger partial charge < -0.3 is 4.74 Å². The van der Waals surface area contributed by atoms with Crippen LogP contribution in [0.25, 0.3) is 5.65 Å². The second-order valence-electron chi connectivity index (χ2n) is 4.48. The Morgan fingerprint density at radius 1 is 1.37 bits per heavy atom. The van der Waals surface area contributed by atoms with Crippen LogP contribution in [-0.4, -0.2) is 33.5 Å². The molecule has 0 aliphatic carbocycles.